The lowest BCUT2D eigenvalue weighted by Gasteiger charge is -2.43. The highest BCUT2D eigenvalue weighted by molar-refractivity contribution is 6.00. The molecule has 0 amide bonds. The summed E-state index contributed by atoms with van der Waals surface area (Å²) in [4.78, 5) is 18.3. The molecule has 1 aliphatic heterocycles. The summed E-state index contributed by atoms with van der Waals surface area (Å²) in [6, 6.07) is 1.44. The molecule has 1 atom stereocenters. The van der Waals surface area contributed by atoms with Crippen LogP contribution in [0.25, 0.3) is 0 Å². The first kappa shape index (κ1) is 24.6. The van der Waals surface area contributed by atoms with Gasteiger partial charge >= 0.3 is 0 Å². The van der Waals surface area contributed by atoms with E-state index in [9.17, 15) is 17.6 Å². The minimum atomic E-state index is -2.73. The Labute approximate surface area is 195 Å². The molecule has 4 N–H and O–H groups in total. The maximum absolute atomic E-state index is 14.0. The second kappa shape index (κ2) is 9.63. The van der Waals surface area contributed by atoms with Crippen molar-refractivity contribution in [3.63, 3.8) is 0 Å². The van der Waals surface area contributed by atoms with Crippen molar-refractivity contribution >= 4 is 11.9 Å². The summed E-state index contributed by atoms with van der Waals surface area (Å²) in [7, 11) is 1.59. The first-order valence-electron chi connectivity index (χ1n) is 11.7. The smallest absolute Gasteiger partial charge is 0.248 e. The topological polar surface area (TPSA) is 110 Å². The number of methoxy groups -OCH3 is 1. The summed E-state index contributed by atoms with van der Waals surface area (Å²) < 4.78 is 60.3. The minimum absolute atomic E-state index is 0.0434. The van der Waals surface area contributed by atoms with Gasteiger partial charge in [-0.25, -0.2) is 37.5 Å². The van der Waals surface area contributed by atoms with E-state index in [1.165, 1.54) is 0 Å². The Morgan fingerprint density at radius 3 is 2.38 bits per heavy atom. The van der Waals surface area contributed by atoms with Crippen LogP contribution in [-0.2, 0) is 16.8 Å². The fourth-order valence-corrected chi connectivity index (χ4v) is 4.85. The van der Waals surface area contributed by atoms with Crippen molar-refractivity contribution in [2.24, 2.45) is 21.6 Å². The van der Waals surface area contributed by atoms with Gasteiger partial charge in [0.2, 0.25) is 17.8 Å². The van der Waals surface area contributed by atoms with E-state index in [0.717, 1.165) is 5.69 Å². The van der Waals surface area contributed by atoms with Gasteiger partial charge in [-0.3, -0.25) is 5.32 Å². The van der Waals surface area contributed by atoms with Crippen LogP contribution in [0.4, 0.5) is 17.6 Å². The second-order valence-electron chi connectivity index (χ2n) is 9.32. The zero-order chi connectivity index (χ0) is 24.4. The molecule has 34 heavy (non-hydrogen) atoms. The van der Waals surface area contributed by atoms with Crippen molar-refractivity contribution in [3.05, 3.63) is 23.8 Å². The fraction of sp³-hybridized carbons (Fsp3) is 0.727. The lowest BCUT2D eigenvalue weighted by atomic mass is 9.77. The summed E-state index contributed by atoms with van der Waals surface area (Å²) in [5.74, 6) is -5.15. The number of hydrogen-bond acceptors (Lipinski definition) is 6. The predicted molar refractivity (Wildman–Crippen MR) is 119 cm³/mol. The number of hydrogen-bond donors (Lipinski definition) is 3. The number of halogens is 4. The SMILES string of the molecule is COCCc1ccnc(C2(C3CCC(F)(F)CC3)N=C(N)NC(=NC3CCC(F)(F)CC3)N2)n1. The van der Waals surface area contributed by atoms with E-state index in [1.807, 2.05) is 0 Å². The minimum Gasteiger partial charge on any atom is -0.384 e. The van der Waals surface area contributed by atoms with Crippen molar-refractivity contribution in [2.75, 3.05) is 13.7 Å². The summed E-state index contributed by atoms with van der Waals surface area (Å²) in [5.41, 5.74) is 5.56. The van der Waals surface area contributed by atoms with Crippen LogP contribution in [-0.4, -0.2) is 53.5 Å². The third-order valence-corrected chi connectivity index (χ3v) is 6.77. The Morgan fingerprint density at radius 1 is 1.09 bits per heavy atom. The number of guanidine groups is 2. The molecule has 12 heteroatoms. The van der Waals surface area contributed by atoms with Crippen LogP contribution in [0, 0.1) is 5.92 Å². The lowest BCUT2D eigenvalue weighted by molar-refractivity contribution is -0.0572. The van der Waals surface area contributed by atoms with E-state index in [1.54, 1.807) is 19.4 Å². The molecule has 0 radical (unpaired) electrons. The number of rotatable bonds is 6. The number of aromatic nitrogens is 2. The molecule has 1 aromatic heterocycles. The molecular formula is C22H31F4N7O. The quantitative estimate of drug-likeness (QED) is 0.535. The van der Waals surface area contributed by atoms with Gasteiger partial charge in [0.1, 0.15) is 0 Å². The van der Waals surface area contributed by atoms with Gasteiger partial charge in [0.25, 0.3) is 0 Å². The van der Waals surface area contributed by atoms with E-state index in [4.69, 9.17) is 10.5 Å². The van der Waals surface area contributed by atoms with Crippen molar-refractivity contribution in [1.82, 2.24) is 20.6 Å². The van der Waals surface area contributed by atoms with E-state index < -0.39 is 17.5 Å². The summed E-state index contributed by atoms with van der Waals surface area (Å²) in [6.07, 6.45) is 1.97. The van der Waals surface area contributed by atoms with Crippen LogP contribution in [0.5, 0.6) is 0 Å². The Morgan fingerprint density at radius 2 is 1.74 bits per heavy atom. The highest BCUT2D eigenvalue weighted by Crippen LogP contribution is 2.45. The summed E-state index contributed by atoms with van der Waals surface area (Å²) in [5, 5.41) is 6.11. The number of ether oxygens (including phenoxy) is 1. The molecular weight excluding hydrogens is 454 g/mol. The molecule has 3 aliphatic rings. The van der Waals surface area contributed by atoms with Gasteiger partial charge in [0, 0.05) is 57.0 Å². The number of alkyl halides is 4. The van der Waals surface area contributed by atoms with Gasteiger partial charge in [-0.15, -0.1) is 0 Å². The average Bonchev–Trinajstić information content (AvgIpc) is 2.79. The Bertz CT molecular complexity index is 922. The molecule has 0 bridgehead atoms. The summed E-state index contributed by atoms with van der Waals surface area (Å²) in [6.45, 7) is 0.457. The average molecular weight is 486 g/mol. The molecule has 1 unspecified atom stereocenters. The zero-order valence-electron chi connectivity index (χ0n) is 19.2. The van der Waals surface area contributed by atoms with Gasteiger partial charge in [0.05, 0.1) is 12.6 Å². The van der Waals surface area contributed by atoms with Crippen molar-refractivity contribution in [3.8, 4) is 0 Å². The Balaban J connectivity index is 1.67. The molecule has 0 spiro atoms. The molecule has 2 fully saturated rings. The van der Waals surface area contributed by atoms with Crippen molar-refractivity contribution in [1.29, 1.82) is 0 Å². The van der Waals surface area contributed by atoms with Gasteiger partial charge in [-0.05, 0) is 31.7 Å². The van der Waals surface area contributed by atoms with E-state index in [-0.39, 0.29) is 75.2 Å². The molecule has 188 valence electrons. The highest BCUT2D eigenvalue weighted by Gasteiger charge is 2.50. The van der Waals surface area contributed by atoms with Crippen molar-refractivity contribution < 1.29 is 22.3 Å². The van der Waals surface area contributed by atoms with Gasteiger partial charge in [-0.2, -0.15) is 0 Å². The molecule has 1 aromatic rings. The molecule has 4 rings (SSSR count). The summed E-state index contributed by atoms with van der Waals surface area (Å²) >= 11 is 0. The molecule has 0 saturated heterocycles. The standard InChI is InChI=1S/C22H31F4N7O/c1-34-13-7-16-6-12-28-17(29-16)22(14-2-8-20(23,24)9-3-14)32-18(27)31-19(33-22)30-15-4-10-21(25,26)11-5-15/h6,12,14-15H,2-5,7-11,13H2,1H3,(H4,27,30,31,32,33). The van der Waals surface area contributed by atoms with Crippen LogP contribution < -0.4 is 16.4 Å². The largest absolute Gasteiger partial charge is 0.384 e. The number of nitrogens with two attached hydrogens (primary N) is 1. The molecule has 2 heterocycles. The number of nitrogens with zero attached hydrogens (tertiary/aromatic N) is 4. The first-order chi connectivity index (χ1) is 16.1. The molecule has 2 aliphatic carbocycles. The maximum Gasteiger partial charge on any atom is 0.248 e. The van der Waals surface area contributed by atoms with Gasteiger partial charge in [0.15, 0.2) is 17.4 Å². The van der Waals surface area contributed by atoms with Crippen LogP contribution in [0.2, 0.25) is 0 Å². The lowest BCUT2D eigenvalue weighted by Crippen LogP contribution is -2.62. The van der Waals surface area contributed by atoms with Gasteiger partial charge < -0.3 is 15.8 Å². The van der Waals surface area contributed by atoms with Crippen LogP contribution in [0.15, 0.2) is 22.2 Å². The molecule has 2 saturated carbocycles. The van der Waals surface area contributed by atoms with E-state index in [0.29, 0.717) is 18.9 Å². The molecule has 8 nitrogen and oxygen atoms in total. The zero-order valence-corrected chi connectivity index (χ0v) is 19.2. The van der Waals surface area contributed by atoms with Crippen molar-refractivity contribution in [2.45, 2.75) is 81.3 Å². The fourth-order valence-electron chi connectivity index (χ4n) is 4.85. The monoisotopic (exact) mass is 485 g/mol. The normalized spacial score (nSPS) is 28.7. The Kier molecular flexibility index (Phi) is 6.97. The van der Waals surface area contributed by atoms with Crippen LogP contribution in [0.1, 0.15) is 62.9 Å². The van der Waals surface area contributed by atoms with E-state index in [2.05, 4.69) is 30.6 Å². The van der Waals surface area contributed by atoms with Crippen LogP contribution >= 0.6 is 0 Å². The predicted octanol–water partition coefficient (Wildman–Crippen LogP) is 3.09. The van der Waals surface area contributed by atoms with E-state index >= 15 is 0 Å². The molecule has 0 aromatic carbocycles. The number of nitrogens with one attached hydrogen (secondary N) is 2. The first-order valence-corrected chi connectivity index (χ1v) is 11.7. The third kappa shape index (κ3) is 5.59. The van der Waals surface area contributed by atoms with Crippen LogP contribution in [0.3, 0.4) is 0 Å². The number of aliphatic imine (C=N–C) groups is 2. The second-order valence-corrected chi connectivity index (χ2v) is 9.32. The highest BCUT2D eigenvalue weighted by atomic mass is 19.3. The third-order valence-electron chi connectivity index (χ3n) is 6.77. The van der Waals surface area contributed by atoms with Gasteiger partial charge in [-0.1, -0.05) is 0 Å². The Hall–Kier alpha value is -2.50. The maximum atomic E-state index is 14.0.